The second-order valence-electron chi connectivity index (χ2n) is 4.64. The number of alkyl halides is 3. The Kier molecular flexibility index (Phi) is 4.85. The van der Waals surface area contributed by atoms with E-state index in [1.165, 1.54) is 12.4 Å². The number of anilines is 3. The first kappa shape index (κ1) is 16.1. The molecule has 1 N–H and O–H groups in total. The predicted octanol–water partition coefficient (Wildman–Crippen LogP) is 4.09. The molecule has 22 heavy (non-hydrogen) atoms. The molecular formula is C15H17F3N4. The van der Waals surface area contributed by atoms with E-state index in [9.17, 15) is 13.2 Å². The molecule has 0 atom stereocenters. The maximum absolute atomic E-state index is 12.7. The van der Waals surface area contributed by atoms with Crippen LogP contribution >= 0.6 is 0 Å². The van der Waals surface area contributed by atoms with Gasteiger partial charge in [-0.2, -0.15) is 13.2 Å². The first-order valence-electron chi connectivity index (χ1n) is 6.95. The van der Waals surface area contributed by atoms with E-state index in [0.29, 0.717) is 11.5 Å². The van der Waals surface area contributed by atoms with Crippen molar-refractivity contribution in [3.05, 3.63) is 42.2 Å². The van der Waals surface area contributed by atoms with Gasteiger partial charge in [-0.05, 0) is 32.0 Å². The van der Waals surface area contributed by atoms with Gasteiger partial charge < -0.3 is 10.2 Å². The normalized spacial score (nSPS) is 11.3. The van der Waals surface area contributed by atoms with E-state index in [1.54, 1.807) is 12.1 Å². The van der Waals surface area contributed by atoms with Gasteiger partial charge in [0.2, 0.25) is 0 Å². The molecule has 0 fully saturated rings. The SMILES string of the molecule is CCN(CC)c1cc(Nc2cccc(C(F)(F)F)c2)ncn1. The smallest absolute Gasteiger partial charge is 0.357 e. The van der Waals surface area contributed by atoms with Crippen LogP contribution in [0.5, 0.6) is 0 Å². The third-order valence-electron chi connectivity index (χ3n) is 3.20. The number of rotatable bonds is 5. The van der Waals surface area contributed by atoms with Crippen molar-refractivity contribution >= 4 is 17.3 Å². The zero-order valence-electron chi connectivity index (χ0n) is 12.4. The zero-order chi connectivity index (χ0) is 16.2. The van der Waals surface area contributed by atoms with Gasteiger partial charge in [0, 0.05) is 24.8 Å². The van der Waals surface area contributed by atoms with Crippen molar-refractivity contribution in [2.24, 2.45) is 0 Å². The highest BCUT2D eigenvalue weighted by atomic mass is 19.4. The molecule has 0 aliphatic heterocycles. The number of aromatic nitrogens is 2. The predicted molar refractivity (Wildman–Crippen MR) is 80.3 cm³/mol. The monoisotopic (exact) mass is 310 g/mol. The van der Waals surface area contributed by atoms with Crippen molar-refractivity contribution in [2.75, 3.05) is 23.3 Å². The number of benzene rings is 1. The van der Waals surface area contributed by atoms with Gasteiger partial charge >= 0.3 is 6.18 Å². The molecule has 1 aromatic carbocycles. The fourth-order valence-electron chi connectivity index (χ4n) is 2.06. The third kappa shape index (κ3) is 3.87. The molecule has 0 saturated carbocycles. The summed E-state index contributed by atoms with van der Waals surface area (Å²) in [5, 5.41) is 2.88. The van der Waals surface area contributed by atoms with Crippen LogP contribution in [0.3, 0.4) is 0 Å². The lowest BCUT2D eigenvalue weighted by molar-refractivity contribution is -0.137. The highest BCUT2D eigenvalue weighted by molar-refractivity contribution is 5.60. The second-order valence-corrected chi connectivity index (χ2v) is 4.64. The average Bonchev–Trinajstić information content (AvgIpc) is 2.48. The summed E-state index contributed by atoms with van der Waals surface area (Å²) in [6.07, 6.45) is -2.97. The molecule has 0 saturated heterocycles. The van der Waals surface area contributed by atoms with Gasteiger partial charge in [-0.25, -0.2) is 9.97 Å². The lowest BCUT2D eigenvalue weighted by Gasteiger charge is -2.20. The van der Waals surface area contributed by atoms with Crippen LogP contribution in [0.15, 0.2) is 36.7 Å². The van der Waals surface area contributed by atoms with E-state index in [-0.39, 0.29) is 0 Å². The number of hydrogen-bond donors (Lipinski definition) is 1. The Morgan fingerprint density at radius 2 is 1.82 bits per heavy atom. The van der Waals surface area contributed by atoms with Crippen LogP contribution in [0.4, 0.5) is 30.5 Å². The van der Waals surface area contributed by atoms with Crippen molar-refractivity contribution in [1.29, 1.82) is 0 Å². The van der Waals surface area contributed by atoms with Gasteiger partial charge in [-0.15, -0.1) is 0 Å². The minimum atomic E-state index is -4.37. The molecule has 2 aromatic rings. The van der Waals surface area contributed by atoms with Crippen molar-refractivity contribution < 1.29 is 13.2 Å². The summed E-state index contributed by atoms with van der Waals surface area (Å²) in [4.78, 5) is 10.2. The summed E-state index contributed by atoms with van der Waals surface area (Å²) in [5.74, 6) is 1.19. The Morgan fingerprint density at radius 3 is 2.45 bits per heavy atom. The van der Waals surface area contributed by atoms with Crippen molar-refractivity contribution in [1.82, 2.24) is 9.97 Å². The quantitative estimate of drug-likeness (QED) is 0.903. The summed E-state index contributed by atoms with van der Waals surface area (Å²) >= 11 is 0. The van der Waals surface area contributed by atoms with Crippen LogP contribution < -0.4 is 10.2 Å². The number of nitrogens with zero attached hydrogens (tertiary/aromatic N) is 3. The molecule has 0 aliphatic carbocycles. The van der Waals surface area contributed by atoms with Crippen LogP contribution in [0.25, 0.3) is 0 Å². The minimum Gasteiger partial charge on any atom is -0.357 e. The van der Waals surface area contributed by atoms with Gasteiger partial charge in [-0.3, -0.25) is 0 Å². The van der Waals surface area contributed by atoms with E-state index in [4.69, 9.17) is 0 Å². The lowest BCUT2D eigenvalue weighted by atomic mass is 10.2. The highest BCUT2D eigenvalue weighted by Crippen LogP contribution is 2.31. The largest absolute Gasteiger partial charge is 0.416 e. The summed E-state index contributed by atoms with van der Waals surface area (Å²) in [5.41, 5.74) is -0.366. The molecule has 1 heterocycles. The fourth-order valence-corrected chi connectivity index (χ4v) is 2.06. The second kappa shape index (κ2) is 6.64. The van der Waals surface area contributed by atoms with Gasteiger partial charge in [0.25, 0.3) is 0 Å². The van der Waals surface area contributed by atoms with E-state index in [1.807, 2.05) is 18.7 Å². The molecule has 118 valence electrons. The van der Waals surface area contributed by atoms with Crippen LogP contribution in [-0.2, 0) is 6.18 Å². The maximum Gasteiger partial charge on any atom is 0.416 e. The van der Waals surface area contributed by atoms with E-state index >= 15 is 0 Å². The van der Waals surface area contributed by atoms with Crippen LogP contribution in [0, 0.1) is 0 Å². The fraction of sp³-hybridized carbons (Fsp3) is 0.333. The van der Waals surface area contributed by atoms with E-state index in [0.717, 1.165) is 31.0 Å². The topological polar surface area (TPSA) is 41.0 Å². The summed E-state index contributed by atoms with van der Waals surface area (Å²) in [6, 6.07) is 6.73. The van der Waals surface area contributed by atoms with Gasteiger partial charge in [0.05, 0.1) is 5.56 Å². The molecule has 7 heteroatoms. The standard InChI is InChI=1S/C15H17F3N4/c1-3-22(4-2)14-9-13(19-10-20-14)21-12-7-5-6-11(8-12)15(16,17)18/h5-10H,3-4H2,1-2H3,(H,19,20,21). The van der Waals surface area contributed by atoms with E-state index < -0.39 is 11.7 Å². The summed E-state index contributed by atoms with van der Waals surface area (Å²) < 4.78 is 38.1. The Morgan fingerprint density at radius 1 is 1.09 bits per heavy atom. The van der Waals surface area contributed by atoms with Crippen molar-refractivity contribution in [3.8, 4) is 0 Å². The first-order chi connectivity index (χ1) is 10.4. The highest BCUT2D eigenvalue weighted by Gasteiger charge is 2.30. The first-order valence-corrected chi connectivity index (χ1v) is 6.95. The molecule has 0 bridgehead atoms. The molecule has 0 amide bonds. The van der Waals surface area contributed by atoms with Gasteiger partial charge in [-0.1, -0.05) is 6.07 Å². The number of hydrogen-bond acceptors (Lipinski definition) is 4. The van der Waals surface area contributed by atoms with E-state index in [2.05, 4.69) is 15.3 Å². The van der Waals surface area contributed by atoms with Crippen molar-refractivity contribution in [2.45, 2.75) is 20.0 Å². The Bertz CT molecular complexity index is 624. The Balaban J connectivity index is 2.22. The summed E-state index contributed by atoms with van der Waals surface area (Å²) in [6.45, 7) is 5.59. The third-order valence-corrected chi connectivity index (χ3v) is 3.20. The lowest BCUT2D eigenvalue weighted by Crippen LogP contribution is -2.23. The Labute approximate surface area is 127 Å². The average molecular weight is 310 g/mol. The zero-order valence-corrected chi connectivity index (χ0v) is 12.4. The molecule has 2 rings (SSSR count). The molecule has 0 aliphatic rings. The van der Waals surface area contributed by atoms with Crippen LogP contribution in [0.2, 0.25) is 0 Å². The summed E-state index contributed by atoms with van der Waals surface area (Å²) in [7, 11) is 0. The van der Waals surface area contributed by atoms with Crippen LogP contribution in [0.1, 0.15) is 19.4 Å². The van der Waals surface area contributed by atoms with Gasteiger partial charge in [0.1, 0.15) is 18.0 Å². The molecule has 0 unspecified atom stereocenters. The minimum absolute atomic E-state index is 0.332. The molecule has 0 spiro atoms. The molecule has 4 nitrogen and oxygen atoms in total. The number of halogens is 3. The Hall–Kier alpha value is -2.31. The number of nitrogens with one attached hydrogen (secondary N) is 1. The molecular weight excluding hydrogens is 293 g/mol. The molecule has 0 radical (unpaired) electrons. The molecule has 1 aromatic heterocycles. The van der Waals surface area contributed by atoms with Crippen molar-refractivity contribution in [3.63, 3.8) is 0 Å². The van der Waals surface area contributed by atoms with Gasteiger partial charge in [0.15, 0.2) is 0 Å². The maximum atomic E-state index is 12.7. The van der Waals surface area contributed by atoms with Crippen LogP contribution in [-0.4, -0.2) is 23.1 Å².